The minimum Gasteiger partial charge on any atom is -0.394 e. The third-order valence-electron chi connectivity index (χ3n) is 4.13. The van der Waals surface area contributed by atoms with Crippen LogP contribution in [0.2, 0.25) is 0 Å². The number of aromatic amines is 1. The van der Waals surface area contributed by atoms with Crippen molar-refractivity contribution in [3.8, 4) is 0 Å². The standard InChI is InChI=1S/C14H16ClNO6/c15-14(21)10(6-17)22-12(19)11(18)13(14,20)8-5-16-9-4-2-1-3-7(8)9/h1-5,10-12,16-21H,6H2/t10-,11+,12+,13-,14+/m1/s1. The first-order valence-electron chi connectivity index (χ1n) is 6.66. The second-order valence-corrected chi connectivity index (χ2v) is 5.91. The van der Waals surface area contributed by atoms with Crippen LogP contribution in [0.3, 0.4) is 0 Å². The average Bonchev–Trinajstić information content (AvgIpc) is 2.93. The monoisotopic (exact) mass is 329 g/mol. The predicted octanol–water partition coefficient (Wildman–Crippen LogP) is -0.647. The molecule has 1 aliphatic rings. The number of hydrogen-bond acceptors (Lipinski definition) is 6. The van der Waals surface area contributed by atoms with Gasteiger partial charge in [0.05, 0.1) is 6.61 Å². The van der Waals surface area contributed by atoms with Crippen molar-refractivity contribution >= 4 is 22.5 Å². The number of benzene rings is 1. The summed E-state index contributed by atoms with van der Waals surface area (Å²) in [4.78, 5) is 2.89. The molecule has 120 valence electrons. The number of fused-ring (bicyclic) bond motifs is 1. The molecule has 1 aliphatic heterocycles. The maximum Gasteiger partial charge on any atom is 0.203 e. The van der Waals surface area contributed by atoms with Gasteiger partial charge in [0.1, 0.15) is 12.2 Å². The minimum absolute atomic E-state index is 0.0916. The van der Waals surface area contributed by atoms with Crippen LogP contribution in [-0.4, -0.2) is 60.7 Å². The molecule has 5 atom stereocenters. The van der Waals surface area contributed by atoms with E-state index in [0.29, 0.717) is 10.9 Å². The Morgan fingerprint density at radius 3 is 2.59 bits per heavy atom. The SMILES string of the molecule is OC[C@H]1O[C@H](O)[C@H](O)[C@](O)(c2c[nH]c3ccccc23)[C@]1(O)Cl. The number of halogens is 1. The average molecular weight is 330 g/mol. The lowest BCUT2D eigenvalue weighted by Gasteiger charge is -2.50. The van der Waals surface area contributed by atoms with Crippen LogP contribution >= 0.6 is 11.6 Å². The molecular formula is C14H16ClNO6. The zero-order chi connectivity index (χ0) is 16.1. The first-order chi connectivity index (χ1) is 10.3. The van der Waals surface area contributed by atoms with E-state index in [0.717, 1.165) is 0 Å². The van der Waals surface area contributed by atoms with Gasteiger partial charge in [0.15, 0.2) is 11.9 Å². The minimum atomic E-state index is -2.55. The normalized spacial score (nSPS) is 39.3. The summed E-state index contributed by atoms with van der Waals surface area (Å²) in [6, 6.07) is 6.88. The molecule has 0 bridgehead atoms. The van der Waals surface area contributed by atoms with Gasteiger partial charge in [0.2, 0.25) is 5.06 Å². The third-order valence-corrected chi connectivity index (χ3v) is 4.66. The number of rotatable bonds is 2. The molecule has 2 aromatic rings. The summed E-state index contributed by atoms with van der Waals surface area (Å²) in [7, 11) is 0. The van der Waals surface area contributed by atoms with Gasteiger partial charge in [-0.2, -0.15) is 0 Å². The fraction of sp³-hybridized carbons (Fsp3) is 0.429. The molecule has 7 nitrogen and oxygen atoms in total. The Balaban J connectivity index is 2.23. The van der Waals surface area contributed by atoms with E-state index in [2.05, 4.69) is 4.98 Å². The number of para-hydroxylation sites is 1. The lowest BCUT2D eigenvalue weighted by molar-refractivity contribution is -0.339. The number of hydrogen-bond donors (Lipinski definition) is 6. The first kappa shape index (κ1) is 15.7. The summed E-state index contributed by atoms with van der Waals surface area (Å²) in [6.45, 7) is -0.756. The largest absolute Gasteiger partial charge is 0.394 e. The Labute approximate surface area is 130 Å². The second-order valence-electron chi connectivity index (χ2n) is 5.33. The Kier molecular flexibility index (Phi) is 3.69. The maximum absolute atomic E-state index is 11.0. The van der Waals surface area contributed by atoms with E-state index in [4.69, 9.17) is 16.3 Å². The van der Waals surface area contributed by atoms with Gasteiger partial charge in [0.25, 0.3) is 0 Å². The Bertz CT molecular complexity index is 689. The number of alkyl halides is 1. The molecule has 2 heterocycles. The van der Waals surface area contributed by atoms with Crippen LogP contribution in [0.15, 0.2) is 30.5 Å². The Hall–Kier alpha value is -1.19. The molecule has 6 N–H and O–H groups in total. The van der Waals surface area contributed by atoms with E-state index in [9.17, 15) is 25.5 Å². The molecule has 1 aromatic carbocycles. The smallest absolute Gasteiger partial charge is 0.203 e. The van der Waals surface area contributed by atoms with Crippen LogP contribution < -0.4 is 0 Å². The number of nitrogens with one attached hydrogen (secondary N) is 1. The zero-order valence-electron chi connectivity index (χ0n) is 11.3. The van der Waals surface area contributed by atoms with E-state index in [-0.39, 0.29) is 5.56 Å². The van der Waals surface area contributed by atoms with Crippen LogP contribution in [0.5, 0.6) is 0 Å². The summed E-state index contributed by atoms with van der Waals surface area (Å²) in [6.07, 6.45) is -3.86. The van der Waals surface area contributed by atoms with Crippen LogP contribution in [0.25, 0.3) is 10.9 Å². The highest BCUT2D eigenvalue weighted by molar-refractivity contribution is 6.24. The zero-order valence-corrected chi connectivity index (χ0v) is 12.1. The fourth-order valence-electron chi connectivity index (χ4n) is 2.89. The molecular weight excluding hydrogens is 314 g/mol. The van der Waals surface area contributed by atoms with Crippen molar-refractivity contribution in [3.05, 3.63) is 36.0 Å². The van der Waals surface area contributed by atoms with Crippen LogP contribution in [0.4, 0.5) is 0 Å². The highest BCUT2D eigenvalue weighted by Crippen LogP contribution is 2.48. The Morgan fingerprint density at radius 2 is 1.91 bits per heavy atom. The second kappa shape index (κ2) is 5.17. The summed E-state index contributed by atoms with van der Waals surface area (Å²) >= 11 is 6.03. The van der Waals surface area contributed by atoms with Gasteiger partial charge < -0.3 is 35.3 Å². The van der Waals surface area contributed by atoms with Gasteiger partial charge in [-0.05, 0) is 6.07 Å². The maximum atomic E-state index is 11.0. The van der Waals surface area contributed by atoms with Crippen molar-refractivity contribution in [1.29, 1.82) is 0 Å². The van der Waals surface area contributed by atoms with Crippen molar-refractivity contribution in [2.45, 2.75) is 29.2 Å². The number of ether oxygens (including phenoxy) is 1. The molecule has 0 saturated carbocycles. The lowest BCUT2D eigenvalue weighted by Crippen LogP contribution is -2.70. The number of aliphatic hydroxyl groups excluding tert-OH is 3. The predicted molar refractivity (Wildman–Crippen MR) is 77.0 cm³/mol. The van der Waals surface area contributed by atoms with Gasteiger partial charge in [-0.1, -0.05) is 29.8 Å². The molecule has 0 unspecified atom stereocenters. The quantitative estimate of drug-likeness (QED) is 0.407. The highest BCUT2D eigenvalue weighted by Gasteiger charge is 2.65. The number of aromatic nitrogens is 1. The van der Waals surface area contributed by atoms with Crippen LogP contribution in [0, 0.1) is 0 Å². The van der Waals surface area contributed by atoms with Crippen molar-refractivity contribution < 1.29 is 30.3 Å². The van der Waals surface area contributed by atoms with Crippen LogP contribution in [0.1, 0.15) is 5.56 Å². The lowest BCUT2D eigenvalue weighted by atomic mass is 9.78. The van der Waals surface area contributed by atoms with Crippen molar-refractivity contribution in [2.75, 3.05) is 6.61 Å². The van der Waals surface area contributed by atoms with Crippen molar-refractivity contribution in [1.82, 2.24) is 4.98 Å². The molecule has 3 rings (SSSR count). The third kappa shape index (κ3) is 1.92. The molecule has 1 saturated heterocycles. The van der Waals surface area contributed by atoms with Gasteiger partial charge in [-0.15, -0.1) is 0 Å². The van der Waals surface area contributed by atoms with Gasteiger partial charge >= 0.3 is 0 Å². The van der Waals surface area contributed by atoms with Gasteiger partial charge in [-0.3, -0.25) is 0 Å². The summed E-state index contributed by atoms with van der Waals surface area (Å²) < 4.78 is 4.87. The van der Waals surface area contributed by atoms with Crippen molar-refractivity contribution in [2.24, 2.45) is 0 Å². The summed E-state index contributed by atoms with van der Waals surface area (Å²) in [5.41, 5.74) is -1.72. The van der Waals surface area contributed by atoms with Crippen LogP contribution in [-0.2, 0) is 10.3 Å². The fourth-order valence-corrected chi connectivity index (χ4v) is 3.23. The number of H-pyrrole nitrogens is 1. The Morgan fingerprint density at radius 1 is 1.23 bits per heavy atom. The van der Waals surface area contributed by atoms with E-state index in [1.807, 2.05) is 0 Å². The van der Waals surface area contributed by atoms with E-state index in [1.54, 1.807) is 24.3 Å². The van der Waals surface area contributed by atoms with E-state index >= 15 is 0 Å². The molecule has 0 amide bonds. The van der Waals surface area contributed by atoms with E-state index < -0.39 is 35.8 Å². The summed E-state index contributed by atoms with van der Waals surface area (Å²) in [5.74, 6) is 0. The molecule has 0 spiro atoms. The summed E-state index contributed by atoms with van der Waals surface area (Å²) in [5, 5.41) is 48.8. The number of aliphatic hydroxyl groups is 5. The molecule has 8 heteroatoms. The molecule has 0 aliphatic carbocycles. The molecule has 22 heavy (non-hydrogen) atoms. The van der Waals surface area contributed by atoms with Crippen molar-refractivity contribution in [3.63, 3.8) is 0 Å². The first-order valence-corrected chi connectivity index (χ1v) is 7.04. The topological polar surface area (TPSA) is 126 Å². The van der Waals surface area contributed by atoms with Gasteiger partial charge in [-0.25, -0.2) is 0 Å². The molecule has 0 radical (unpaired) electrons. The van der Waals surface area contributed by atoms with Gasteiger partial charge in [0, 0.05) is 22.7 Å². The van der Waals surface area contributed by atoms with E-state index in [1.165, 1.54) is 6.20 Å². The molecule has 1 aromatic heterocycles. The molecule has 1 fully saturated rings. The highest BCUT2D eigenvalue weighted by atomic mass is 35.5.